The Kier molecular flexibility index (Phi) is 5.41. The van der Waals surface area contributed by atoms with E-state index in [2.05, 4.69) is 29.4 Å². The molecule has 0 aliphatic heterocycles. The molecule has 0 aromatic heterocycles. The second kappa shape index (κ2) is 7.29. The lowest BCUT2D eigenvalue weighted by Crippen LogP contribution is -2.32. The number of anilines is 1. The Morgan fingerprint density at radius 1 is 1.35 bits per heavy atom. The molecule has 1 saturated carbocycles. The van der Waals surface area contributed by atoms with E-state index in [-0.39, 0.29) is 17.9 Å². The van der Waals surface area contributed by atoms with Gasteiger partial charge in [0, 0.05) is 37.8 Å². The van der Waals surface area contributed by atoms with E-state index in [1.54, 1.807) is 0 Å². The summed E-state index contributed by atoms with van der Waals surface area (Å²) in [7, 11) is 2.08. The van der Waals surface area contributed by atoms with Crippen LogP contribution in [0.25, 0.3) is 0 Å². The van der Waals surface area contributed by atoms with Crippen LogP contribution in [0.1, 0.15) is 25.7 Å². The number of amides is 1. The van der Waals surface area contributed by atoms with Gasteiger partial charge in [0.1, 0.15) is 0 Å². The largest absolute Gasteiger partial charge is 0.375 e. The van der Waals surface area contributed by atoms with Crippen molar-refractivity contribution in [2.24, 2.45) is 11.7 Å². The van der Waals surface area contributed by atoms with Crippen LogP contribution >= 0.6 is 0 Å². The molecule has 0 radical (unpaired) electrons. The number of carbonyl (C=O) groups is 1. The number of nitrogens with zero attached hydrogens (tertiary/aromatic N) is 1. The summed E-state index contributed by atoms with van der Waals surface area (Å²) in [6, 6.07) is 10.5. The average Bonchev–Trinajstić information content (AvgIpc) is 2.91. The number of para-hydroxylation sites is 1. The lowest BCUT2D eigenvalue weighted by molar-refractivity contribution is -0.124. The zero-order valence-corrected chi connectivity index (χ0v) is 12.2. The lowest BCUT2D eigenvalue weighted by Gasteiger charge is -2.19. The molecule has 110 valence electrons. The van der Waals surface area contributed by atoms with Gasteiger partial charge in [0.2, 0.25) is 5.91 Å². The highest BCUT2D eigenvalue weighted by Gasteiger charge is 2.27. The van der Waals surface area contributed by atoms with Crippen LogP contribution < -0.4 is 16.0 Å². The van der Waals surface area contributed by atoms with Gasteiger partial charge in [-0.1, -0.05) is 18.2 Å². The highest BCUT2D eigenvalue weighted by molar-refractivity contribution is 5.78. The van der Waals surface area contributed by atoms with E-state index in [0.29, 0.717) is 0 Å². The first-order valence-electron chi connectivity index (χ1n) is 7.46. The molecule has 1 fully saturated rings. The lowest BCUT2D eigenvalue weighted by atomic mass is 10.1. The minimum Gasteiger partial charge on any atom is -0.375 e. The number of nitrogens with one attached hydrogen (secondary N) is 1. The fourth-order valence-electron chi connectivity index (χ4n) is 2.74. The van der Waals surface area contributed by atoms with E-state index in [1.165, 1.54) is 5.69 Å². The van der Waals surface area contributed by atoms with Crippen LogP contribution in [0.2, 0.25) is 0 Å². The van der Waals surface area contributed by atoms with Crippen LogP contribution in [-0.4, -0.2) is 32.1 Å². The van der Waals surface area contributed by atoms with Crippen molar-refractivity contribution in [2.45, 2.75) is 31.7 Å². The molecule has 4 nitrogen and oxygen atoms in total. The molecular weight excluding hydrogens is 250 g/mol. The van der Waals surface area contributed by atoms with E-state index >= 15 is 0 Å². The quantitative estimate of drug-likeness (QED) is 0.778. The van der Waals surface area contributed by atoms with Crippen molar-refractivity contribution in [1.29, 1.82) is 0 Å². The summed E-state index contributed by atoms with van der Waals surface area (Å²) in [5.74, 6) is 0.317. The Morgan fingerprint density at radius 3 is 2.75 bits per heavy atom. The monoisotopic (exact) mass is 275 g/mol. The van der Waals surface area contributed by atoms with Gasteiger partial charge in [-0.25, -0.2) is 0 Å². The number of benzene rings is 1. The molecule has 1 aromatic rings. The molecule has 4 heteroatoms. The fraction of sp³-hybridized carbons (Fsp3) is 0.562. The molecule has 1 amide bonds. The summed E-state index contributed by atoms with van der Waals surface area (Å²) >= 11 is 0. The first-order chi connectivity index (χ1) is 9.66. The number of nitrogens with two attached hydrogens (primary N) is 1. The van der Waals surface area contributed by atoms with Gasteiger partial charge in [-0.3, -0.25) is 4.79 Å². The predicted octanol–water partition coefficient (Wildman–Crippen LogP) is 1.76. The van der Waals surface area contributed by atoms with E-state index < -0.39 is 0 Å². The Morgan fingerprint density at radius 2 is 2.10 bits per heavy atom. The maximum Gasteiger partial charge on any atom is 0.223 e. The van der Waals surface area contributed by atoms with E-state index in [4.69, 9.17) is 5.73 Å². The fourth-order valence-corrected chi connectivity index (χ4v) is 2.74. The topological polar surface area (TPSA) is 58.4 Å². The Balaban J connectivity index is 1.63. The highest BCUT2D eigenvalue weighted by atomic mass is 16.1. The van der Waals surface area contributed by atoms with Gasteiger partial charge in [0.15, 0.2) is 0 Å². The van der Waals surface area contributed by atoms with Gasteiger partial charge < -0.3 is 16.0 Å². The summed E-state index contributed by atoms with van der Waals surface area (Å²) < 4.78 is 0. The molecule has 1 aliphatic rings. The van der Waals surface area contributed by atoms with Crippen molar-refractivity contribution >= 4 is 11.6 Å². The van der Waals surface area contributed by atoms with Crippen LogP contribution in [0.5, 0.6) is 0 Å². The van der Waals surface area contributed by atoms with Crippen LogP contribution in [0, 0.1) is 5.92 Å². The number of hydrogen-bond acceptors (Lipinski definition) is 3. The smallest absolute Gasteiger partial charge is 0.223 e. The number of hydrogen-bond donors (Lipinski definition) is 2. The van der Waals surface area contributed by atoms with E-state index in [1.807, 2.05) is 18.2 Å². The normalized spacial score (nSPS) is 21.7. The molecule has 1 aliphatic carbocycles. The SMILES string of the molecule is CN(CCCNC(=O)C1CCC(N)C1)c1ccccc1. The van der Waals surface area contributed by atoms with E-state index in [0.717, 1.165) is 38.8 Å². The molecule has 2 atom stereocenters. The zero-order chi connectivity index (χ0) is 14.4. The summed E-state index contributed by atoms with van der Waals surface area (Å²) in [4.78, 5) is 14.1. The maximum atomic E-state index is 11.9. The minimum atomic E-state index is 0.136. The summed E-state index contributed by atoms with van der Waals surface area (Å²) in [5, 5.41) is 3.03. The Labute approximate surface area is 121 Å². The van der Waals surface area contributed by atoms with Crippen molar-refractivity contribution < 1.29 is 4.79 Å². The molecule has 20 heavy (non-hydrogen) atoms. The van der Waals surface area contributed by atoms with E-state index in [9.17, 15) is 4.79 Å². The van der Waals surface area contributed by atoms with Crippen LogP contribution in [-0.2, 0) is 4.79 Å². The molecule has 2 rings (SSSR count). The molecule has 0 heterocycles. The zero-order valence-electron chi connectivity index (χ0n) is 12.2. The van der Waals surface area contributed by atoms with Gasteiger partial charge in [0.25, 0.3) is 0 Å². The standard InChI is InChI=1S/C16H25N3O/c1-19(15-6-3-2-4-7-15)11-5-10-18-16(20)13-8-9-14(17)12-13/h2-4,6-7,13-14H,5,8-12,17H2,1H3,(H,18,20). The van der Waals surface area contributed by atoms with Gasteiger partial charge in [0.05, 0.1) is 0 Å². The average molecular weight is 275 g/mol. The second-order valence-electron chi connectivity index (χ2n) is 5.67. The molecule has 2 unspecified atom stereocenters. The molecule has 0 bridgehead atoms. The molecular formula is C16H25N3O. The van der Waals surface area contributed by atoms with Crippen molar-refractivity contribution in [3.05, 3.63) is 30.3 Å². The van der Waals surface area contributed by atoms with Crippen molar-refractivity contribution in [2.75, 3.05) is 25.0 Å². The number of carbonyl (C=O) groups excluding carboxylic acids is 1. The van der Waals surface area contributed by atoms with Crippen LogP contribution in [0.15, 0.2) is 30.3 Å². The van der Waals surface area contributed by atoms with Gasteiger partial charge in [-0.05, 0) is 37.8 Å². The third-order valence-electron chi connectivity index (χ3n) is 4.01. The predicted molar refractivity (Wildman–Crippen MR) is 82.7 cm³/mol. The first kappa shape index (κ1) is 14.9. The maximum absolute atomic E-state index is 11.9. The third-order valence-corrected chi connectivity index (χ3v) is 4.01. The molecule has 3 N–H and O–H groups in total. The summed E-state index contributed by atoms with van der Waals surface area (Å²) in [6.45, 7) is 1.68. The van der Waals surface area contributed by atoms with Crippen LogP contribution in [0.3, 0.4) is 0 Å². The summed E-state index contributed by atoms with van der Waals surface area (Å²) in [6.07, 6.45) is 3.72. The van der Waals surface area contributed by atoms with Crippen molar-refractivity contribution in [3.63, 3.8) is 0 Å². The van der Waals surface area contributed by atoms with Crippen molar-refractivity contribution in [1.82, 2.24) is 5.32 Å². The van der Waals surface area contributed by atoms with Gasteiger partial charge >= 0.3 is 0 Å². The Bertz CT molecular complexity index is 421. The third kappa shape index (κ3) is 4.23. The number of rotatable bonds is 6. The van der Waals surface area contributed by atoms with Crippen molar-refractivity contribution in [3.8, 4) is 0 Å². The molecule has 0 spiro atoms. The minimum absolute atomic E-state index is 0.136. The summed E-state index contributed by atoms with van der Waals surface area (Å²) in [5.41, 5.74) is 7.04. The highest BCUT2D eigenvalue weighted by Crippen LogP contribution is 2.23. The first-order valence-corrected chi connectivity index (χ1v) is 7.46. The van der Waals surface area contributed by atoms with Gasteiger partial charge in [-0.2, -0.15) is 0 Å². The molecule has 1 aromatic carbocycles. The Hall–Kier alpha value is -1.55. The van der Waals surface area contributed by atoms with Gasteiger partial charge in [-0.15, -0.1) is 0 Å². The van der Waals surface area contributed by atoms with Crippen LogP contribution in [0.4, 0.5) is 5.69 Å². The molecule has 0 saturated heterocycles. The second-order valence-corrected chi connectivity index (χ2v) is 5.67.